The Labute approximate surface area is 169 Å². The summed E-state index contributed by atoms with van der Waals surface area (Å²) < 4.78 is 5.25. The number of carbonyl (C=O) groups is 1. The largest absolute Gasteiger partial charge is 0.507 e. The Balaban J connectivity index is 2.36. The summed E-state index contributed by atoms with van der Waals surface area (Å²) in [6.45, 7) is 7.26. The van der Waals surface area contributed by atoms with E-state index in [0.29, 0.717) is 17.0 Å². The van der Waals surface area contributed by atoms with Crippen LogP contribution in [0.25, 0.3) is 5.70 Å². The van der Waals surface area contributed by atoms with E-state index in [1.807, 2.05) is 20.8 Å². The highest BCUT2D eigenvalue weighted by Crippen LogP contribution is 2.22. The average Bonchev–Trinajstić information content (AvgIpc) is 2.66. The minimum atomic E-state index is -0.677. The summed E-state index contributed by atoms with van der Waals surface area (Å²) in [5.41, 5.74) is 0.778. The third-order valence-electron chi connectivity index (χ3n) is 3.82. The van der Waals surface area contributed by atoms with Crippen LogP contribution in [0, 0.1) is 10.1 Å². The number of benzene rings is 2. The van der Waals surface area contributed by atoms with Crippen molar-refractivity contribution < 1.29 is 19.6 Å². The van der Waals surface area contributed by atoms with Crippen molar-refractivity contribution in [1.82, 2.24) is 5.32 Å². The van der Waals surface area contributed by atoms with Crippen molar-refractivity contribution in [3.05, 3.63) is 87.7 Å². The van der Waals surface area contributed by atoms with Gasteiger partial charge in [0.05, 0.1) is 10.5 Å². The van der Waals surface area contributed by atoms with Gasteiger partial charge in [-0.05, 0) is 57.5 Å². The highest BCUT2D eigenvalue weighted by molar-refractivity contribution is 5.91. The molecule has 2 aromatic carbocycles. The van der Waals surface area contributed by atoms with Crippen LogP contribution in [-0.4, -0.2) is 21.5 Å². The molecule has 0 amide bonds. The molecule has 0 aliphatic carbocycles. The van der Waals surface area contributed by atoms with Crippen molar-refractivity contribution in [2.45, 2.75) is 33.2 Å². The molecular formula is C22H24N2O5. The SMILES string of the molecule is C/C(C(=O)Oc1ccccc1)=C(O)/C=C(\NC(C)(C)C)c1ccc([N+](=O)[O-])cc1. The first-order valence-corrected chi connectivity index (χ1v) is 8.98. The van der Waals surface area contributed by atoms with E-state index < -0.39 is 10.9 Å². The number of aliphatic hydroxyl groups is 1. The first-order chi connectivity index (χ1) is 13.6. The second-order valence-electron chi connectivity index (χ2n) is 7.45. The molecule has 2 rings (SSSR count). The smallest absolute Gasteiger partial charge is 0.342 e. The molecule has 0 fully saturated rings. The number of para-hydroxylation sites is 1. The third kappa shape index (κ3) is 6.49. The Morgan fingerprint density at radius 1 is 1.10 bits per heavy atom. The normalized spacial score (nSPS) is 12.8. The summed E-state index contributed by atoms with van der Waals surface area (Å²) >= 11 is 0. The maximum absolute atomic E-state index is 12.3. The van der Waals surface area contributed by atoms with Gasteiger partial charge in [-0.1, -0.05) is 18.2 Å². The van der Waals surface area contributed by atoms with Gasteiger partial charge in [0, 0.05) is 29.4 Å². The van der Waals surface area contributed by atoms with E-state index in [9.17, 15) is 20.0 Å². The Morgan fingerprint density at radius 3 is 2.21 bits per heavy atom. The second kappa shape index (κ2) is 9.05. The van der Waals surface area contributed by atoms with Gasteiger partial charge in [0.25, 0.3) is 5.69 Å². The van der Waals surface area contributed by atoms with E-state index in [-0.39, 0.29) is 22.6 Å². The van der Waals surface area contributed by atoms with E-state index in [0.717, 1.165) is 0 Å². The number of allylic oxidation sites excluding steroid dienone is 1. The summed E-state index contributed by atoms with van der Waals surface area (Å²) in [5, 5.41) is 24.6. The number of nitrogens with zero attached hydrogens (tertiary/aromatic N) is 1. The molecule has 152 valence electrons. The quantitative estimate of drug-likeness (QED) is 0.139. The zero-order chi connectivity index (χ0) is 21.6. The van der Waals surface area contributed by atoms with Crippen LogP contribution in [0.15, 0.2) is 72.0 Å². The van der Waals surface area contributed by atoms with E-state index >= 15 is 0 Å². The fourth-order valence-corrected chi connectivity index (χ4v) is 2.38. The van der Waals surface area contributed by atoms with E-state index in [2.05, 4.69) is 5.32 Å². The van der Waals surface area contributed by atoms with Crippen molar-refractivity contribution in [3.63, 3.8) is 0 Å². The number of ether oxygens (including phenoxy) is 1. The number of nitro groups is 1. The van der Waals surface area contributed by atoms with Gasteiger partial charge in [0.15, 0.2) is 0 Å². The first kappa shape index (κ1) is 21.7. The molecule has 0 saturated carbocycles. The topological polar surface area (TPSA) is 102 Å². The average molecular weight is 396 g/mol. The second-order valence-corrected chi connectivity index (χ2v) is 7.45. The molecule has 0 bridgehead atoms. The number of nitrogens with one attached hydrogen (secondary N) is 1. The predicted molar refractivity (Wildman–Crippen MR) is 111 cm³/mol. The number of non-ortho nitro benzene ring substituents is 1. The Hall–Kier alpha value is -3.61. The lowest BCUT2D eigenvalue weighted by Crippen LogP contribution is -2.34. The lowest BCUT2D eigenvalue weighted by molar-refractivity contribution is -0.384. The zero-order valence-electron chi connectivity index (χ0n) is 16.8. The lowest BCUT2D eigenvalue weighted by atomic mass is 10.0. The monoisotopic (exact) mass is 396 g/mol. The van der Waals surface area contributed by atoms with Crippen LogP contribution in [0.2, 0.25) is 0 Å². The molecule has 0 aliphatic rings. The van der Waals surface area contributed by atoms with Crippen LogP contribution in [-0.2, 0) is 4.79 Å². The molecule has 7 heteroatoms. The van der Waals surface area contributed by atoms with Crippen molar-refractivity contribution in [2.24, 2.45) is 0 Å². The Bertz CT molecular complexity index is 939. The van der Waals surface area contributed by atoms with Crippen LogP contribution in [0.5, 0.6) is 5.75 Å². The molecule has 0 spiro atoms. The van der Waals surface area contributed by atoms with Crippen LogP contribution >= 0.6 is 0 Å². The van der Waals surface area contributed by atoms with Crippen molar-refractivity contribution >= 4 is 17.4 Å². The highest BCUT2D eigenvalue weighted by atomic mass is 16.6. The number of esters is 1. The van der Waals surface area contributed by atoms with Crippen molar-refractivity contribution in [3.8, 4) is 5.75 Å². The summed E-state index contributed by atoms with van der Waals surface area (Å²) in [5.74, 6) is -0.572. The number of carbonyl (C=O) groups excluding carboxylic acids is 1. The maximum Gasteiger partial charge on any atom is 0.342 e. The molecule has 0 heterocycles. The minimum absolute atomic E-state index is 0.0315. The zero-order valence-corrected chi connectivity index (χ0v) is 16.8. The van der Waals surface area contributed by atoms with Gasteiger partial charge in [0.1, 0.15) is 11.5 Å². The fourth-order valence-electron chi connectivity index (χ4n) is 2.38. The molecule has 0 aromatic heterocycles. The third-order valence-corrected chi connectivity index (χ3v) is 3.82. The van der Waals surface area contributed by atoms with Crippen molar-refractivity contribution in [1.29, 1.82) is 0 Å². The first-order valence-electron chi connectivity index (χ1n) is 8.98. The predicted octanol–water partition coefficient (Wildman–Crippen LogP) is 4.76. The molecule has 0 atom stereocenters. The molecule has 0 unspecified atom stereocenters. The standard InChI is InChI=1S/C22H24N2O5/c1-15(21(26)29-18-8-6-5-7-9-18)20(25)14-19(23-22(2,3)4)16-10-12-17(13-11-16)24(27)28/h5-14,23,25H,1-4H3/b19-14-,20-15+. The summed E-state index contributed by atoms with van der Waals surface area (Å²) in [6, 6.07) is 14.5. The van der Waals surface area contributed by atoms with Gasteiger partial charge in [-0.25, -0.2) is 4.79 Å². The van der Waals surface area contributed by atoms with Gasteiger partial charge < -0.3 is 15.2 Å². The number of rotatable bonds is 6. The van der Waals surface area contributed by atoms with Crippen LogP contribution in [0.4, 0.5) is 5.69 Å². The number of nitro benzene ring substituents is 1. The molecule has 0 aliphatic heterocycles. The maximum atomic E-state index is 12.3. The Kier molecular flexibility index (Phi) is 6.77. The van der Waals surface area contributed by atoms with E-state index in [1.165, 1.54) is 25.1 Å². The number of hydrogen-bond donors (Lipinski definition) is 2. The highest BCUT2D eigenvalue weighted by Gasteiger charge is 2.17. The summed E-state index contributed by atoms with van der Waals surface area (Å²) in [7, 11) is 0. The van der Waals surface area contributed by atoms with Gasteiger partial charge in [0.2, 0.25) is 0 Å². The fraction of sp³-hybridized carbons (Fsp3) is 0.227. The number of aliphatic hydroxyl groups excluding tert-OH is 1. The van der Waals surface area contributed by atoms with Gasteiger partial charge >= 0.3 is 5.97 Å². The lowest BCUT2D eigenvalue weighted by Gasteiger charge is -2.24. The molecule has 2 N–H and O–H groups in total. The Morgan fingerprint density at radius 2 is 1.69 bits per heavy atom. The van der Waals surface area contributed by atoms with Crippen molar-refractivity contribution in [2.75, 3.05) is 0 Å². The summed E-state index contributed by atoms with van der Waals surface area (Å²) in [4.78, 5) is 22.7. The van der Waals surface area contributed by atoms with Gasteiger partial charge in [-0.15, -0.1) is 0 Å². The molecule has 29 heavy (non-hydrogen) atoms. The molecule has 0 radical (unpaired) electrons. The van der Waals surface area contributed by atoms with Gasteiger partial charge in [-0.2, -0.15) is 0 Å². The van der Waals surface area contributed by atoms with Crippen LogP contribution in [0.3, 0.4) is 0 Å². The van der Waals surface area contributed by atoms with Crippen LogP contribution in [0.1, 0.15) is 33.3 Å². The molecule has 7 nitrogen and oxygen atoms in total. The molecule has 0 saturated heterocycles. The minimum Gasteiger partial charge on any atom is -0.507 e. The van der Waals surface area contributed by atoms with Gasteiger partial charge in [-0.3, -0.25) is 10.1 Å². The van der Waals surface area contributed by atoms with E-state index in [1.54, 1.807) is 42.5 Å². The summed E-state index contributed by atoms with van der Waals surface area (Å²) in [6.07, 6.45) is 1.41. The number of hydrogen-bond acceptors (Lipinski definition) is 6. The van der Waals surface area contributed by atoms with Crippen LogP contribution < -0.4 is 10.1 Å². The van der Waals surface area contributed by atoms with E-state index in [4.69, 9.17) is 4.74 Å². The molecule has 2 aromatic rings. The molecular weight excluding hydrogens is 372 g/mol.